The molecule has 8 heteroatoms. The summed E-state index contributed by atoms with van der Waals surface area (Å²) in [6.07, 6.45) is 0.342. The predicted octanol–water partition coefficient (Wildman–Crippen LogP) is 0.660. The minimum Gasteiger partial charge on any atom is -0.387 e. The van der Waals surface area contributed by atoms with Crippen LogP contribution in [0.3, 0.4) is 0 Å². The van der Waals surface area contributed by atoms with Crippen molar-refractivity contribution in [1.82, 2.24) is 9.80 Å². The Hall–Kier alpha value is -1.09. The Kier molecular flexibility index (Phi) is 6.07. The van der Waals surface area contributed by atoms with Crippen LogP contribution in [0.5, 0.6) is 0 Å². The van der Waals surface area contributed by atoms with Crippen molar-refractivity contribution in [1.29, 1.82) is 0 Å². The molecule has 1 atom stereocenters. The molecule has 0 radical (unpaired) electrons. The number of aliphatic hydroxyl groups excluding tert-OH is 1. The summed E-state index contributed by atoms with van der Waals surface area (Å²) >= 11 is 0. The largest absolute Gasteiger partial charge is 0.387 e. The Morgan fingerprint density at radius 3 is 2.30 bits per heavy atom. The van der Waals surface area contributed by atoms with Crippen LogP contribution in [-0.2, 0) is 9.84 Å². The van der Waals surface area contributed by atoms with E-state index >= 15 is 0 Å². The third kappa shape index (κ3) is 5.80. The summed E-state index contributed by atoms with van der Waals surface area (Å²) in [6, 6.07) is 3.41. The molecule has 1 aliphatic rings. The number of hydrogen-bond donors (Lipinski definition) is 1. The van der Waals surface area contributed by atoms with E-state index in [1.807, 2.05) is 4.90 Å². The van der Waals surface area contributed by atoms with Crippen LogP contribution in [0.1, 0.15) is 11.7 Å². The van der Waals surface area contributed by atoms with E-state index in [2.05, 4.69) is 4.90 Å². The second kappa shape index (κ2) is 7.65. The normalized spacial score (nSPS) is 19.0. The number of rotatable bonds is 6. The van der Waals surface area contributed by atoms with Crippen molar-refractivity contribution in [3.05, 3.63) is 35.4 Å². The SMILES string of the molecule is CS(=O)(=O)CCN1CCN(C[C@@H](O)c2ccc(F)c(F)c2)CC1. The Morgan fingerprint density at radius 2 is 1.74 bits per heavy atom. The van der Waals surface area contributed by atoms with Gasteiger partial charge in [-0.3, -0.25) is 9.80 Å². The van der Waals surface area contributed by atoms with Crippen LogP contribution in [0.4, 0.5) is 8.78 Å². The molecule has 1 aromatic rings. The first-order valence-corrected chi connectivity index (χ1v) is 9.56. The molecule has 2 rings (SSSR count). The molecule has 0 amide bonds. The summed E-state index contributed by atoms with van der Waals surface area (Å²) in [5, 5.41) is 10.1. The molecule has 130 valence electrons. The highest BCUT2D eigenvalue weighted by atomic mass is 32.2. The van der Waals surface area contributed by atoms with Crippen molar-refractivity contribution < 1.29 is 22.3 Å². The van der Waals surface area contributed by atoms with E-state index in [1.54, 1.807) is 0 Å². The first-order valence-electron chi connectivity index (χ1n) is 7.50. The monoisotopic (exact) mass is 348 g/mol. The number of nitrogens with zero attached hydrogens (tertiary/aromatic N) is 2. The molecule has 0 aliphatic carbocycles. The third-order valence-corrected chi connectivity index (χ3v) is 4.93. The highest BCUT2D eigenvalue weighted by Crippen LogP contribution is 2.18. The van der Waals surface area contributed by atoms with Gasteiger partial charge >= 0.3 is 0 Å². The number of hydrogen-bond acceptors (Lipinski definition) is 5. The summed E-state index contributed by atoms with van der Waals surface area (Å²) in [6.45, 7) is 3.69. The fourth-order valence-electron chi connectivity index (χ4n) is 2.56. The van der Waals surface area contributed by atoms with Gasteiger partial charge in [0.2, 0.25) is 0 Å². The average molecular weight is 348 g/mol. The van der Waals surface area contributed by atoms with Gasteiger partial charge in [0.15, 0.2) is 11.6 Å². The molecule has 5 nitrogen and oxygen atoms in total. The lowest BCUT2D eigenvalue weighted by Crippen LogP contribution is -2.48. The van der Waals surface area contributed by atoms with E-state index in [1.165, 1.54) is 12.3 Å². The standard InChI is InChI=1S/C15H22F2N2O3S/c1-23(21,22)9-8-18-4-6-19(7-5-18)11-15(20)12-2-3-13(16)14(17)10-12/h2-3,10,15,20H,4-9,11H2,1H3/t15-/m1/s1. The van der Waals surface area contributed by atoms with Gasteiger partial charge in [-0.1, -0.05) is 6.07 Å². The first-order chi connectivity index (χ1) is 10.7. The topological polar surface area (TPSA) is 60.9 Å². The molecule has 0 spiro atoms. The van der Waals surface area contributed by atoms with Gasteiger partial charge in [-0.2, -0.15) is 0 Å². The molecule has 23 heavy (non-hydrogen) atoms. The van der Waals surface area contributed by atoms with Crippen molar-refractivity contribution in [2.75, 3.05) is 51.3 Å². The fraction of sp³-hybridized carbons (Fsp3) is 0.600. The van der Waals surface area contributed by atoms with Gasteiger partial charge < -0.3 is 5.11 Å². The highest BCUT2D eigenvalue weighted by molar-refractivity contribution is 7.90. The van der Waals surface area contributed by atoms with Crippen molar-refractivity contribution >= 4 is 9.84 Å². The quantitative estimate of drug-likeness (QED) is 0.818. The second-order valence-electron chi connectivity index (χ2n) is 5.96. The van der Waals surface area contributed by atoms with E-state index in [9.17, 15) is 22.3 Å². The van der Waals surface area contributed by atoms with Crippen LogP contribution in [0.15, 0.2) is 18.2 Å². The van der Waals surface area contributed by atoms with Gasteiger partial charge in [-0.15, -0.1) is 0 Å². The van der Waals surface area contributed by atoms with Gasteiger partial charge in [0, 0.05) is 45.5 Å². The second-order valence-corrected chi connectivity index (χ2v) is 8.22. The Balaban J connectivity index is 1.80. The average Bonchev–Trinajstić information content (AvgIpc) is 2.48. The predicted molar refractivity (Wildman–Crippen MR) is 83.9 cm³/mol. The molecule has 1 fully saturated rings. The number of sulfone groups is 1. The van der Waals surface area contributed by atoms with Crippen LogP contribution in [-0.4, -0.2) is 74.6 Å². The minimum atomic E-state index is -2.96. The molecule has 0 aromatic heterocycles. The van der Waals surface area contributed by atoms with Crippen LogP contribution in [0, 0.1) is 11.6 Å². The summed E-state index contributed by atoms with van der Waals surface area (Å²) in [7, 11) is -2.96. The lowest BCUT2D eigenvalue weighted by Gasteiger charge is -2.35. The summed E-state index contributed by atoms with van der Waals surface area (Å²) < 4.78 is 48.4. The van der Waals surface area contributed by atoms with Gasteiger partial charge in [0.1, 0.15) is 9.84 Å². The number of β-amino-alcohol motifs (C(OH)–C–C–N with tert-alkyl or cyclic N) is 1. The maximum atomic E-state index is 13.2. The number of benzene rings is 1. The van der Waals surface area contributed by atoms with Gasteiger partial charge in [-0.05, 0) is 17.7 Å². The molecule has 0 unspecified atom stereocenters. The smallest absolute Gasteiger partial charge is 0.159 e. The molecule has 1 aliphatic heterocycles. The first kappa shape index (κ1) is 18.3. The Bertz CT molecular complexity index is 632. The molecule has 1 saturated heterocycles. The summed E-state index contributed by atoms with van der Waals surface area (Å²) in [5.74, 6) is -1.75. The third-order valence-electron chi connectivity index (χ3n) is 4.00. The van der Waals surface area contributed by atoms with E-state index in [0.717, 1.165) is 25.2 Å². The fourth-order valence-corrected chi connectivity index (χ4v) is 3.15. The maximum Gasteiger partial charge on any atom is 0.159 e. The van der Waals surface area contributed by atoms with Gasteiger partial charge in [0.25, 0.3) is 0 Å². The molecular weight excluding hydrogens is 326 g/mol. The molecule has 1 aromatic carbocycles. The Morgan fingerprint density at radius 1 is 1.13 bits per heavy atom. The molecule has 0 saturated carbocycles. The highest BCUT2D eigenvalue weighted by Gasteiger charge is 2.21. The van der Waals surface area contributed by atoms with Gasteiger partial charge in [-0.25, -0.2) is 17.2 Å². The lowest BCUT2D eigenvalue weighted by atomic mass is 10.1. The summed E-state index contributed by atoms with van der Waals surface area (Å²) in [4.78, 5) is 4.10. The molecule has 1 N–H and O–H groups in total. The number of aliphatic hydroxyl groups is 1. The van der Waals surface area contributed by atoms with E-state index in [4.69, 9.17) is 0 Å². The number of piperazine rings is 1. The van der Waals surface area contributed by atoms with Crippen LogP contribution in [0.25, 0.3) is 0 Å². The van der Waals surface area contributed by atoms with Crippen LogP contribution >= 0.6 is 0 Å². The molecule has 0 bridgehead atoms. The van der Waals surface area contributed by atoms with E-state index in [-0.39, 0.29) is 5.75 Å². The van der Waals surface area contributed by atoms with Crippen molar-refractivity contribution in [2.24, 2.45) is 0 Å². The zero-order valence-electron chi connectivity index (χ0n) is 13.1. The summed E-state index contributed by atoms with van der Waals surface area (Å²) in [5.41, 5.74) is 0.350. The van der Waals surface area contributed by atoms with E-state index < -0.39 is 27.6 Å². The lowest BCUT2D eigenvalue weighted by molar-refractivity contribution is 0.0744. The number of halogens is 2. The van der Waals surface area contributed by atoms with Crippen molar-refractivity contribution in [3.63, 3.8) is 0 Å². The van der Waals surface area contributed by atoms with E-state index in [0.29, 0.717) is 31.7 Å². The maximum absolute atomic E-state index is 13.2. The zero-order chi connectivity index (χ0) is 17.0. The molecular formula is C15H22F2N2O3S. The van der Waals surface area contributed by atoms with Crippen LogP contribution < -0.4 is 0 Å². The Labute approximate surface area is 135 Å². The van der Waals surface area contributed by atoms with Crippen molar-refractivity contribution in [3.8, 4) is 0 Å². The zero-order valence-corrected chi connectivity index (χ0v) is 13.9. The van der Waals surface area contributed by atoms with Crippen LogP contribution in [0.2, 0.25) is 0 Å². The van der Waals surface area contributed by atoms with Gasteiger partial charge in [0.05, 0.1) is 11.9 Å². The molecule has 1 heterocycles. The minimum absolute atomic E-state index is 0.143. The van der Waals surface area contributed by atoms with Crippen molar-refractivity contribution in [2.45, 2.75) is 6.10 Å².